The smallest absolute Gasteiger partial charge is 0.325 e. The average Bonchev–Trinajstić information content (AvgIpc) is 2.57. The topological polar surface area (TPSA) is 50.8 Å². The third-order valence-electron chi connectivity index (χ3n) is 4.66. The number of para-hydroxylation sites is 2. The van der Waals surface area contributed by atoms with E-state index < -0.39 is 11.5 Å². The van der Waals surface area contributed by atoms with Gasteiger partial charge in [0.25, 0.3) is 0 Å². The third kappa shape index (κ3) is 2.40. The van der Waals surface area contributed by atoms with Crippen molar-refractivity contribution in [1.82, 2.24) is 5.32 Å². The van der Waals surface area contributed by atoms with Gasteiger partial charge in [-0.2, -0.15) is 0 Å². The van der Waals surface area contributed by atoms with Crippen LogP contribution in [-0.2, 0) is 0 Å². The van der Waals surface area contributed by atoms with Crippen LogP contribution < -0.4 is 19.7 Å². The van der Waals surface area contributed by atoms with Gasteiger partial charge in [-0.1, -0.05) is 24.3 Å². The van der Waals surface area contributed by atoms with Crippen molar-refractivity contribution in [1.29, 1.82) is 0 Å². The number of carbonyl (C=O) groups excluding carboxylic acids is 1. The fourth-order valence-electron chi connectivity index (χ4n) is 3.63. The second-order valence-electron chi connectivity index (χ2n) is 6.38. The number of nitrogens with one attached hydrogen (secondary N) is 1. The fourth-order valence-corrected chi connectivity index (χ4v) is 3.63. The van der Waals surface area contributed by atoms with E-state index in [-0.39, 0.29) is 17.8 Å². The molecule has 2 aromatic carbocycles. The highest BCUT2D eigenvalue weighted by atomic mass is 19.1. The van der Waals surface area contributed by atoms with E-state index in [9.17, 15) is 9.18 Å². The molecule has 0 radical (unpaired) electrons. The molecule has 1 fully saturated rings. The molecule has 1 N–H and O–H groups in total. The number of urea groups is 1. The normalized spacial score (nSPS) is 24.2. The molecule has 1 saturated heterocycles. The van der Waals surface area contributed by atoms with Crippen LogP contribution >= 0.6 is 0 Å². The summed E-state index contributed by atoms with van der Waals surface area (Å²) in [6.07, 6.45) is 0.510. The lowest BCUT2D eigenvalue weighted by atomic mass is 9.90. The molecule has 0 saturated carbocycles. The van der Waals surface area contributed by atoms with Crippen molar-refractivity contribution in [2.45, 2.75) is 32.0 Å². The maximum atomic E-state index is 14.3. The van der Waals surface area contributed by atoms with Crippen LogP contribution in [-0.4, -0.2) is 18.4 Å². The van der Waals surface area contributed by atoms with Crippen LogP contribution in [0.5, 0.6) is 11.5 Å². The minimum atomic E-state index is -1.00. The fraction of sp³-hybridized carbons (Fsp3) is 0.316. The van der Waals surface area contributed by atoms with Gasteiger partial charge in [0.1, 0.15) is 5.82 Å². The molecule has 0 spiro atoms. The summed E-state index contributed by atoms with van der Waals surface area (Å²) in [5.74, 6) is 0.759. The summed E-state index contributed by atoms with van der Waals surface area (Å²) in [5, 5.41) is 2.96. The van der Waals surface area contributed by atoms with Gasteiger partial charge in [0.05, 0.1) is 18.3 Å². The highest BCUT2D eigenvalue weighted by Crippen LogP contribution is 2.49. The molecule has 25 heavy (non-hydrogen) atoms. The standard InChI is InChI=1S/C19H19FN2O3/c1-3-24-16-10-6-7-12-14-11-19(2,25-17(12)16)22(18(23)21-14)15-9-5-4-8-13(15)20/h4-10,14H,3,11H2,1-2H3,(H,21,23)/t14-,19+/m1/s1. The number of fused-ring (bicyclic) bond motifs is 4. The van der Waals surface area contributed by atoms with Crippen LogP contribution in [0.1, 0.15) is 31.9 Å². The van der Waals surface area contributed by atoms with Crippen LogP contribution in [0.2, 0.25) is 0 Å². The number of carbonyl (C=O) groups is 1. The Hall–Kier alpha value is -2.76. The van der Waals surface area contributed by atoms with Crippen LogP contribution in [0, 0.1) is 5.82 Å². The van der Waals surface area contributed by atoms with Crippen molar-refractivity contribution in [2.24, 2.45) is 0 Å². The molecule has 2 aliphatic rings. The number of halogens is 1. The van der Waals surface area contributed by atoms with Crippen molar-refractivity contribution in [3.63, 3.8) is 0 Å². The summed E-state index contributed by atoms with van der Waals surface area (Å²) >= 11 is 0. The molecule has 2 aromatic rings. The van der Waals surface area contributed by atoms with E-state index in [2.05, 4.69) is 5.32 Å². The second kappa shape index (κ2) is 5.65. The Bertz CT molecular complexity index is 841. The summed E-state index contributed by atoms with van der Waals surface area (Å²) in [6, 6.07) is 11.3. The summed E-state index contributed by atoms with van der Waals surface area (Å²) in [4.78, 5) is 14.1. The molecule has 6 heteroatoms. The Kier molecular flexibility index (Phi) is 3.56. The zero-order valence-electron chi connectivity index (χ0n) is 14.1. The van der Waals surface area contributed by atoms with E-state index >= 15 is 0 Å². The van der Waals surface area contributed by atoms with Gasteiger partial charge in [-0.05, 0) is 32.0 Å². The van der Waals surface area contributed by atoms with E-state index in [4.69, 9.17) is 9.47 Å². The highest BCUT2D eigenvalue weighted by Gasteiger charge is 2.51. The molecule has 0 aliphatic carbocycles. The van der Waals surface area contributed by atoms with Gasteiger partial charge in [-0.25, -0.2) is 9.18 Å². The highest BCUT2D eigenvalue weighted by molar-refractivity contribution is 5.95. The van der Waals surface area contributed by atoms with Gasteiger partial charge in [0.15, 0.2) is 17.2 Å². The molecule has 2 heterocycles. The van der Waals surface area contributed by atoms with Gasteiger partial charge < -0.3 is 14.8 Å². The summed E-state index contributed by atoms with van der Waals surface area (Å²) in [7, 11) is 0. The predicted octanol–water partition coefficient (Wildman–Crippen LogP) is 3.99. The molecule has 2 atom stereocenters. The van der Waals surface area contributed by atoms with Gasteiger partial charge >= 0.3 is 6.03 Å². The SMILES string of the molecule is CCOc1cccc2c1O[C@@]1(C)C[C@H]2NC(=O)N1c1ccccc1F. The summed E-state index contributed by atoms with van der Waals surface area (Å²) < 4.78 is 26.3. The van der Waals surface area contributed by atoms with E-state index in [1.807, 2.05) is 25.1 Å². The first-order chi connectivity index (χ1) is 12.0. The van der Waals surface area contributed by atoms with Crippen LogP contribution in [0.3, 0.4) is 0 Å². The van der Waals surface area contributed by atoms with Crippen LogP contribution in [0.4, 0.5) is 14.9 Å². The average molecular weight is 342 g/mol. The molecule has 2 bridgehead atoms. The van der Waals surface area contributed by atoms with Crippen molar-refractivity contribution < 1.29 is 18.7 Å². The maximum absolute atomic E-state index is 14.3. The number of amides is 2. The molecule has 0 unspecified atom stereocenters. The first-order valence-corrected chi connectivity index (χ1v) is 8.33. The summed E-state index contributed by atoms with van der Waals surface area (Å²) in [5.41, 5.74) is 0.0679. The first kappa shape index (κ1) is 15.7. The van der Waals surface area contributed by atoms with E-state index in [0.29, 0.717) is 24.5 Å². The Morgan fingerprint density at radius 2 is 2.12 bits per heavy atom. The number of hydrogen-bond donors (Lipinski definition) is 1. The van der Waals surface area contributed by atoms with Crippen LogP contribution in [0.15, 0.2) is 42.5 Å². The van der Waals surface area contributed by atoms with Crippen LogP contribution in [0.25, 0.3) is 0 Å². The molecular weight excluding hydrogens is 323 g/mol. The van der Waals surface area contributed by atoms with Gasteiger partial charge in [0.2, 0.25) is 0 Å². The second-order valence-corrected chi connectivity index (χ2v) is 6.38. The third-order valence-corrected chi connectivity index (χ3v) is 4.66. The van der Waals surface area contributed by atoms with E-state index in [1.165, 1.54) is 11.0 Å². The number of anilines is 1. The van der Waals surface area contributed by atoms with Crippen molar-refractivity contribution in [3.8, 4) is 11.5 Å². The Labute approximate surface area is 145 Å². The lowest BCUT2D eigenvalue weighted by molar-refractivity contribution is 0.0338. The molecule has 4 rings (SSSR count). The number of hydrogen-bond acceptors (Lipinski definition) is 3. The van der Waals surface area contributed by atoms with Crippen molar-refractivity contribution in [2.75, 3.05) is 11.5 Å². The largest absolute Gasteiger partial charge is 0.490 e. The molecule has 0 aromatic heterocycles. The molecule has 2 amide bonds. The van der Waals surface area contributed by atoms with Crippen molar-refractivity contribution in [3.05, 3.63) is 53.8 Å². The maximum Gasteiger partial charge on any atom is 0.325 e. The Balaban J connectivity index is 1.82. The lowest BCUT2D eigenvalue weighted by Crippen LogP contribution is -2.65. The van der Waals surface area contributed by atoms with Gasteiger partial charge in [0, 0.05) is 12.0 Å². The predicted molar refractivity (Wildman–Crippen MR) is 91.4 cm³/mol. The van der Waals surface area contributed by atoms with Gasteiger partial charge in [-0.3, -0.25) is 4.90 Å². The lowest BCUT2D eigenvalue weighted by Gasteiger charge is -2.50. The molecular formula is C19H19FN2O3. The monoisotopic (exact) mass is 342 g/mol. The quantitative estimate of drug-likeness (QED) is 0.917. The Morgan fingerprint density at radius 1 is 1.32 bits per heavy atom. The number of rotatable bonds is 3. The van der Waals surface area contributed by atoms with E-state index in [0.717, 1.165) is 5.56 Å². The summed E-state index contributed by atoms with van der Waals surface area (Å²) in [6.45, 7) is 4.21. The van der Waals surface area contributed by atoms with Crippen molar-refractivity contribution >= 4 is 11.7 Å². The minimum Gasteiger partial charge on any atom is -0.490 e. The van der Waals surface area contributed by atoms with E-state index in [1.54, 1.807) is 25.1 Å². The minimum absolute atomic E-state index is 0.193. The number of nitrogens with zero attached hydrogens (tertiary/aromatic N) is 1. The molecule has 5 nitrogen and oxygen atoms in total. The molecule has 130 valence electrons. The molecule has 2 aliphatic heterocycles. The Morgan fingerprint density at radius 3 is 2.88 bits per heavy atom. The zero-order valence-corrected chi connectivity index (χ0v) is 14.1. The number of benzene rings is 2. The zero-order chi connectivity index (χ0) is 17.6. The van der Waals surface area contributed by atoms with Gasteiger partial charge in [-0.15, -0.1) is 0 Å². The first-order valence-electron chi connectivity index (χ1n) is 8.33. The number of ether oxygens (including phenoxy) is 2.